The van der Waals surface area contributed by atoms with Gasteiger partial charge in [-0.05, 0) is 12.8 Å². The summed E-state index contributed by atoms with van der Waals surface area (Å²) in [5.41, 5.74) is 0. The maximum Gasteiger partial charge on any atom is 0.522 e. The normalized spacial score (nSPS) is 17.0. The maximum absolute atomic E-state index is 11.6. The van der Waals surface area contributed by atoms with Gasteiger partial charge in [0.2, 0.25) is 0 Å². The monoisotopic (exact) mass is 228 g/mol. The van der Waals surface area contributed by atoms with Crippen molar-refractivity contribution in [3.8, 4) is 0 Å². The second-order valence-corrected chi connectivity index (χ2v) is 2.82. The fourth-order valence-corrected chi connectivity index (χ4v) is 1.37. The molecule has 0 saturated heterocycles. The summed E-state index contributed by atoms with van der Waals surface area (Å²) in [6.07, 6.45) is -1.15. The van der Waals surface area contributed by atoms with E-state index in [4.69, 9.17) is 0 Å². The molecular formula is C11H23F3O. The Morgan fingerprint density at radius 2 is 1.27 bits per heavy atom. The molecule has 1 saturated carbocycles. The van der Waals surface area contributed by atoms with Gasteiger partial charge in [-0.2, -0.15) is 0 Å². The van der Waals surface area contributed by atoms with Crippen molar-refractivity contribution in [1.29, 1.82) is 0 Å². The number of halogens is 3. The lowest BCUT2D eigenvalue weighted by atomic mass is 9.98. The average molecular weight is 228 g/mol. The smallest absolute Gasteiger partial charge is 0.289 e. The molecule has 0 aliphatic heterocycles. The minimum Gasteiger partial charge on any atom is -0.289 e. The second kappa shape index (κ2) is 10.3. The van der Waals surface area contributed by atoms with Crippen LogP contribution < -0.4 is 0 Å². The van der Waals surface area contributed by atoms with Crippen LogP contribution in [0.15, 0.2) is 0 Å². The van der Waals surface area contributed by atoms with Crippen LogP contribution in [-0.2, 0) is 4.74 Å². The van der Waals surface area contributed by atoms with Crippen LogP contribution in [0.4, 0.5) is 13.2 Å². The van der Waals surface area contributed by atoms with Crippen LogP contribution in [0.1, 0.15) is 59.8 Å². The average Bonchev–Trinajstić information content (AvgIpc) is 2.23. The third-order valence-electron chi connectivity index (χ3n) is 1.85. The Kier molecular flexibility index (Phi) is 11.7. The lowest BCUT2D eigenvalue weighted by molar-refractivity contribution is -0.345. The summed E-state index contributed by atoms with van der Waals surface area (Å²) in [4.78, 5) is 0. The first-order chi connectivity index (χ1) is 7.08. The first-order valence-electron chi connectivity index (χ1n) is 5.82. The van der Waals surface area contributed by atoms with Gasteiger partial charge in [0.25, 0.3) is 0 Å². The Labute approximate surface area is 91.0 Å². The number of hydrogen-bond acceptors (Lipinski definition) is 1. The van der Waals surface area contributed by atoms with Crippen molar-refractivity contribution in [3.05, 3.63) is 0 Å². The van der Waals surface area contributed by atoms with Gasteiger partial charge < -0.3 is 0 Å². The van der Waals surface area contributed by atoms with Gasteiger partial charge in [-0.25, -0.2) is 0 Å². The summed E-state index contributed by atoms with van der Waals surface area (Å²) in [5, 5.41) is 0. The van der Waals surface area contributed by atoms with Crippen LogP contribution >= 0.6 is 0 Å². The summed E-state index contributed by atoms with van der Waals surface area (Å²) < 4.78 is 38.7. The molecule has 1 rings (SSSR count). The highest BCUT2D eigenvalue weighted by Gasteiger charge is 2.33. The molecule has 0 aromatic rings. The predicted molar refractivity (Wildman–Crippen MR) is 56.7 cm³/mol. The van der Waals surface area contributed by atoms with Crippen LogP contribution in [0.5, 0.6) is 0 Å². The van der Waals surface area contributed by atoms with Crippen molar-refractivity contribution in [2.75, 3.05) is 0 Å². The fraction of sp³-hybridized carbons (Fsp3) is 1.00. The topological polar surface area (TPSA) is 9.23 Å². The van der Waals surface area contributed by atoms with Gasteiger partial charge in [0.05, 0.1) is 6.10 Å². The molecule has 0 heterocycles. The number of hydrogen-bond donors (Lipinski definition) is 0. The third-order valence-corrected chi connectivity index (χ3v) is 1.85. The Bertz CT molecular complexity index is 117. The molecule has 0 aromatic carbocycles. The predicted octanol–water partition coefficient (Wildman–Crippen LogP) is 4.91. The van der Waals surface area contributed by atoms with E-state index in [0.717, 1.165) is 19.3 Å². The van der Waals surface area contributed by atoms with E-state index in [9.17, 15) is 13.2 Å². The van der Waals surface area contributed by atoms with E-state index in [2.05, 4.69) is 4.74 Å². The summed E-state index contributed by atoms with van der Waals surface area (Å²) in [6, 6.07) is 0. The number of rotatable bonds is 1. The summed E-state index contributed by atoms with van der Waals surface area (Å²) in [7, 11) is 0. The maximum atomic E-state index is 11.6. The van der Waals surface area contributed by atoms with Crippen molar-refractivity contribution in [1.82, 2.24) is 0 Å². The van der Waals surface area contributed by atoms with Gasteiger partial charge in [-0.15, -0.1) is 13.2 Å². The molecule has 1 aliphatic rings. The van der Waals surface area contributed by atoms with Crippen LogP contribution in [0.3, 0.4) is 0 Å². The SMILES string of the molecule is CC.CC.FC(F)(F)OC1CCCCC1. The molecule has 1 fully saturated rings. The van der Waals surface area contributed by atoms with E-state index < -0.39 is 12.5 Å². The minimum atomic E-state index is -4.44. The van der Waals surface area contributed by atoms with E-state index in [-0.39, 0.29) is 0 Å². The largest absolute Gasteiger partial charge is 0.522 e. The van der Waals surface area contributed by atoms with Crippen molar-refractivity contribution in [3.63, 3.8) is 0 Å². The van der Waals surface area contributed by atoms with Gasteiger partial charge in [-0.1, -0.05) is 47.0 Å². The molecule has 0 spiro atoms. The van der Waals surface area contributed by atoms with Crippen LogP contribution in [0, 0.1) is 0 Å². The first-order valence-corrected chi connectivity index (χ1v) is 5.82. The highest BCUT2D eigenvalue weighted by molar-refractivity contribution is 4.65. The Morgan fingerprint density at radius 1 is 0.867 bits per heavy atom. The quantitative estimate of drug-likeness (QED) is 0.619. The van der Waals surface area contributed by atoms with Gasteiger partial charge >= 0.3 is 6.36 Å². The lowest BCUT2D eigenvalue weighted by Crippen LogP contribution is -2.25. The Balaban J connectivity index is 0. The zero-order chi connectivity index (χ0) is 12.3. The molecule has 0 unspecified atom stereocenters. The van der Waals surface area contributed by atoms with Gasteiger partial charge in [0.15, 0.2) is 0 Å². The van der Waals surface area contributed by atoms with Crippen LogP contribution in [-0.4, -0.2) is 12.5 Å². The van der Waals surface area contributed by atoms with Crippen LogP contribution in [0.2, 0.25) is 0 Å². The molecule has 0 atom stereocenters. The highest BCUT2D eigenvalue weighted by atomic mass is 19.4. The third kappa shape index (κ3) is 11.7. The molecular weight excluding hydrogens is 205 g/mol. The molecule has 1 nitrogen and oxygen atoms in total. The standard InChI is InChI=1S/C7H11F3O.2C2H6/c8-7(9,10)11-6-4-2-1-3-5-6;2*1-2/h6H,1-5H2;2*1-2H3. The molecule has 1 aliphatic carbocycles. The second-order valence-electron chi connectivity index (χ2n) is 2.82. The van der Waals surface area contributed by atoms with Crippen molar-refractivity contribution >= 4 is 0 Å². The highest BCUT2D eigenvalue weighted by Crippen LogP contribution is 2.27. The molecule has 4 heteroatoms. The van der Waals surface area contributed by atoms with Gasteiger partial charge in [0, 0.05) is 0 Å². The van der Waals surface area contributed by atoms with E-state index in [1.165, 1.54) is 0 Å². The lowest BCUT2D eigenvalue weighted by Gasteiger charge is -2.22. The van der Waals surface area contributed by atoms with E-state index >= 15 is 0 Å². The fourth-order valence-electron chi connectivity index (χ4n) is 1.37. The number of ether oxygens (including phenoxy) is 1. The summed E-state index contributed by atoms with van der Waals surface area (Å²) >= 11 is 0. The zero-order valence-corrected chi connectivity index (χ0v) is 10.2. The van der Waals surface area contributed by atoms with E-state index in [1.807, 2.05) is 27.7 Å². The first kappa shape index (κ1) is 17.2. The molecule has 0 aromatic heterocycles. The van der Waals surface area contributed by atoms with Gasteiger partial charge in [-0.3, -0.25) is 4.74 Å². The molecule has 94 valence electrons. The van der Waals surface area contributed by atoms with Crippen molar-refractivity contribution in [2.45, 2.75) is 72.3 Å². The van der Waals surface area contributed by atoms with Crippen LogP contribution in [0.25, 0.3) is 0 Å². The molecule has 0 amide bonds. The zero-order valence-electron chi connectivity index (χ0n) is 10.2. The molecule has 0 bridgehead atoms. The van der Waals surface area contributed by atoms with E-state index in [1.54, 1.807) is 0 Å². The minimum absolute atomic E-state index is 0.555. The Morgan fingerprint density at radius 3 is 1.60 bits per heavy atom. The summed E-state index contributed by atoms with van der Waals surface area (Å²) in [5.74, 6) is 0. The van der Waals surface area contributed by atoms with Gasteiger partial charge in [0.1, 0.15) is 0 Å². The van der Waals surface area contributed by atoms with Crippen molar-refractivity contribution < 1.29 is 17.9 Å². The molecule has 15 heavy (non-hydrogen) atoms. The molecule has 0 N–H and O–H groups in total. The van der Waals surface area contributed by atoms with E-state index in [0.29, 0.717) is 12.8 Å². The van der Waals surface area contributed by atoms with Crippen molar-refractivity contribution in [2.24, 2.45) is 0 Å². The molecule has 0 radical (unpaired) electrons. The summed E-state index contributed by atoms with van der Waals surface area (Å²) in [6.45, 7) is 8.00. The number of alkyl halides is 3. The Hall–Kier alpha value is -0.250.